The summed E-state index contributed by atoms with van der Waals surface area (Å²) in [6.07, 6.45) is 4.49. The third kappa shape index (κ3) is 2.72. The standard InChI is InChI=1S/C12H16N2O2/c15-11-4-2-8-14(9-11)12(16)6-5-10-3-1-7-13-10/h1,3,7,13H,2,4-6,8-9H2. The molecule has 86 valence electrons. The minimum atomic E-state index is 0.0858. The molecule has 1 aliphatic rings. The van der Waals surface area contributed by atoms with Crippen molar-refractivity contribution in [2.45, 2.75) is 25.7 Å². The molecule has 1 fully saturated rings. The molecular weight excluding hydrogens is 204 g/mol. The fraction of sp³-hybridized carbons (Fsp3) is 0.500. The van der Waals surface area contributed by atoms with E-state index in [0.29, 0.717) is 19.4 Å². The second-order valence-electron chi connectivity index (χ2n) is 4.15. The van der Waals surface area contributed by atoms with Crippen LogP contribution in [0.15, 0.2) is 18.3 Å². The normalized spacial score (nSPS) is 16.5. The largest absolute Gasteiger partial charge is 0.365 e. The van der Waals surface area contributed by atoms with Gasteiger partial charge in [0.2, 0.25) is 5.91 Å². The first-order valence-corrected chi connectivity index (χ1v) is 5.67. The van der Waals surface area contributed by atoms with E-state index in [1.54, 1.807) is 4.90 Å². The van der Waals surface area contributed by atoms with Gasteiger partial charge in [-0.1, -0.05) is 0 Å². The van der Waals surface area contributed by atoms with Crippen molar-refractivity contribution in [3.8, 4) is 0 Å². The van der Waals surface area contributed by atoms with E-state index in [1.165, 1.54) is 0 Å². The molecule has 2 heterocycles. The Balaban J connectivity index is 1.81. The molecule has 1 aromatic rings. The first-order valence-electron chi connectivity index (χ1n) is 5.67. The number of ketones is 1. The number of Topliss-reactive ketones (excluding diaryl/α,β-unsaturated/α-hetero) is 1. The first-order chi connectivity index (χ1) is 7.75. The van der Waals surface area contributed by atoms with Crippen molar-refractivity contribution in [2.75, 3.05) is 13.1 Å². The number of nitrogens with zero attached hydrogens (tertiary/aromatic N) is 1. The molecule has 4 nitrogen and oxygen atoms in total. The molecule has 4 heteroatoms. The Labute approximate surface area is 94.6 Å². The minimum absolute atomic E-state index is 0.0858. The molecule has 1 N–H and O–H groups in total. The molecule has 0 saturated carbocycles. The molecule has 0 aromatic carbocycles. The summed E-state index contributed by atoms with van der Waals surface area (Å²) in [4.78, 5) is 27.8. The quantitative estimate of drug-likeness (QED) is 0.830. The van der Waals surface area contributed by atoms with Crippen molar-refractivity contribution in [3.05, 3.63) is 24.0 Å². The lowest BCUT2D eigenvalue weighted by Crippen LogP contribution is -2.40. The number of aryl methyl sites for hydroxylation is 1. The SMILES string of the molecule is O=C1CCCN(C(=O)CCc2ccc[nH]2)C1. The molecule has 0 spiro atoms. The lowest BCUT2D eigenvalue weighted by atomic mass is 10.1. The predicted octanol–water partition coefficient (Wildman–Crippen LogP) is 1.14. The fourth-order valence-electron chi connectivity index (χ4n) is 1.97. The average molecular weight is 220 g/mol. The van der Waals surface area contributed by atoms with E-state index in [1.807, 2.05) is 18.3 Å². The van der Waals surface area contributed by atoms with Crippen LogP contribution in [0.25, 0.3) is 0 Å². The van der Waals surface area contributed by atoms with Gasteiger partial charge < -0.3 is 9.88 Å². The van der Waals surface area contributed by atoms with Gasteiger partial charge in [0.15, 0.2) is 5.78 Å². The van der Waals surface area contributed by atoms with Crippen molar-refractivity contribution >= 4 is 11.7 Å². The van der Waals surface area contributed by atoms with Crippen molar-refractivity contribution in [2.24, 2.45) is 0 Å². The van der Waals surface area contributed by atoms with Crippen LogP contribution in [0.4, 0.5) is 0 Å². The molecule has 1 aromatic heterocycles. The Morgan fingerprint density at radius 1 is 1.50 bits per heavy atom. The van der Waals surface area contributed by atoms with Crippen molar-refractivity contribution < 1.29 is 9.59 Å². The maximum absolute atomic E-state index is 11.8. The van der Waals surface area contributed by atoms with Crippen LogP contribution in [0.5, 0.6) is 0 Å². The van der Waals surface area contributed by atoms with Gasteiger partial charge in [0.25, 0.3) is 0 Å². The third-order valence-corrected chi connectivity index (χ3v) is 2.87. The number of likely N-dealkylation sites (tertiary alicyclic amines) is 1. The van der Waals surface area contributed by atoms with Crippen LogP contribution in [0.1, 0.15) is 25.0 Å². The molecule has 1 aliphatic heterocycles. The summed E-state index contributed by atoms with van der Waals surface area (Å²) < 4.78 is 0. The van der Waals surface area contributed by atoms with Gasteiger partial charge in [0.05, 0.1) is 6.54 Å². The van der Waals surface area contributed by atoms with Crippen LogP contribution in [-0.4, -0.2) is 34.7 Å². The highest BCUT2D eigenvalue weighted by Gasteiger charge is 2.20. The van der Waals surface area contributed by atoms with Crippen molar-refractivity contribution in [3.63, 3.8) is 0 Å². The number of rotatable bonds is 3. The van der Waals surface area contributed by atoms with Crippen LogP contribution < -0.4 is 0 Å². The molecule has 1 saturated heterocycles. The summed E-state index contributed by atoms with van der Waals surface area (Å²) in [5, 5.41) is 0. The Kier molecular flexibility index (Phi) is 3.39. The summed E-state index contributed by atoms with van der Waals surface area (Å²) in [5.41, 5.74) is 1.07. The molecule has 0 bridgehead atoms. The number of nitrogens with one attached hydrogen (secondary N) is 1. The summed E-state index contributed by atoms with van der Waals surface area (Å²) in [6, 6.07) is 3.89. The molecule has 0 radical (unpaired) electrons. The maximum atomic E-state index is 11.8. The van der Waals surface area contributed by atoms with Gasteiger partial charge in [-0.2, -0.15) is 0 Å². The molecule has 0 atom stereocenters. The summed E-state index contributed by atoms with van der Waals surface area (Å²) in [7, 11) is 0. The van der Waals surface area contributed by atoms with E-state index in [4.69, 9.17) is 0 Å². The molecule has 0 unspecified atom stereocenters. The van der Waals surface area contributed by atoms with Gasteiger partial charge in [-0.25, -0.2) is 0 Å². The van der Waals surface area contributed by atoms with Crippen LogP contribution in [0.3, 0.4) is 0 Å². The topological polar surface area (TPSA) is 53.2 Å². The van der Waals surface area contributed by atoms with Crippen LogP contribution >= 0.6 is 0 Å². The fourth-order valence-corrected chi connectivity index (χ4v) is 1.97. The number of aromatic nitrogens is 1. The Hall–Kier alpha value is -1.58. The Morgan fingerprint density at radius 3 is 3.06 bits per heavy atom. The molecule has 2 rings (SSSR count). The van der Waals surface area contributed by atoms with E-state index < -0.39 is 0 Å². The van der Waals surface area contributed by atoms with Crippen LogP contribution in [-0.2, 0) is 16.0 Å². The first kappa shape index (κ1) is 10.9. The number of aromatic amines is 1. The van der Waals surface area contributed by atoms with Crippen molar-refractivity contribution in [1.82, 2.24) is 9.88 Å². The average Bonchev–Trinajstić information content (AvgIpc) is 2.78. The lowest BCUT2D eigenvalue weighted by molar-refractivity contribution is -0.137. The smallest absolute Gasteiger partial charge is 0.223 e. The zero-order chi connectivity index (χ0) is 11.4. The number of carbonyl (C=O) groups excluding carboxylic acids is 2. The maximum Gasteiger partial charge on any atom is 0.223 e. The number of hydrogen-bond donors (Lipinski definition) is 1. The number of H-pyrrole nitrogens is 1. The van der Waals surface area contributed by atoms with E-state index >= 15 is 0 Å². The molecule has 1 amide bonds. The molecule has 0 aliphatic carbocycles. The van der Waals surface area contributed by atoms with Gasteiger partial charge in [-0.05, 0) is 25.0 Å². The van der Waals surface area contributed by atoms with Gasteiger partial charge in [0.1, 0.15) is 0 Å². The highest BCUT2D eigenvalue weighted by Crippen LogP contribution is 2.09. The van der Waals surface area contributed by atoms with E-state index in [-0.39, 0.29) is 11.7 Å². The number of hydrogen-bond acceptors (Lipinski definition) is 2. The lowest BCUT2D eigenvalue weighted by Gasteiger charge is -2.25. The van der Waals surface area contributed by atoms with Gasteiger partial charge >= 0.3 is 0 Å². The second-order valence-corrected chi connectivity index (χ2v) is 4.15. The number of amides is 1. The third-order valence-electron chi connectivity index (χ3n) is 2.87. The van der Waals surface area contributed by atoms with Gasteiger partial charge in [-0.3, -0.25) is 9.59 Å². The summed E-state index contributed by atoms with van der Waals surface area (Å²) in [5.74, 6) is 0.266. The second kappa shape index (κ2) is 4.96. The highest BCUT2D eigenvalue weighted by atomic mass is 16.2. The summed E-state index contributed by atoms with van der Waals surface area (Å²) in [6.45, 7) is 1.04. The molecule has 16 heavy (non-hydrogen) atoms. The van der Waals surface area contributed by atoms with Crippen molar-refractivity contribution in [1.29, 1.82) is 0 Å². The van der Waals surface area contributed by atoms with E-state index in [0.717, 1.165) is 25.1 Å². The predicted molar refractivity (Wildman–Crippen MR) is 59.9 cm³/mol. The van der Waals surface area contributed by atoms with E-state index in [9.17, 15) is 9.59 Å². The Bertz CT molecular complexity index is 370. The van der Waals surface area contributed by atoms with Crippen LogP contribution in [0, 0.1) is 0 Å². The van der Waals surface area contributed by atoms with E-state index in [2.05, 4.69) is 4.98 Å². The zero-order valence-corrected chi connectivity index (χ0v) is 9.24. The minimum Gasteiger partial charge on any atom is -0.365 e. The highest BCUT2D eigenvalue weighted by molar-refractivity contribution is 5.87. The number of carbonyl (C=O) groups is 2. The zero-order valence-electron chi connectivity index (χ0n) is 9.24. The number of piperidine rings is 1. The summed E-state index contributed by atoms with van der Waals surface area (Å²) >= 11 is 0. The Morgan fingerprint density at radius 2 is 2.38 bits per heavy atom. The monoisotopic (exact) mass is 220 g/mol. The van der Waals surface area contributed by atoms with Gasteiger partial charge in [-0.15, -0.1) is 0 Å². The molecular formula is C12H16N2O2. The van der Waals surface area contributed by atoms with Gasteiger partial charge in [0, 0.05) is 31.3 Å². The van der Waals surface area contributed by atoms with Crippen LogP contribution in [0.2, 0.25) is 0 Å².